The Hall–Kier alpha value is -0.910. The second-order valence-electron chi connectivity index (χ2n) is 6.91. The van der Waals surface area contributed by atoms with Gasteiger partial charge in [-0.25, -0.2) is 17.5 Å². The Morgan fingerprint density at radius 1 is 1.35 bits per heavy atom. The number of likely N-dealkylation sites (tertiary alicyclic amines) is 1. The predicted octanol–water partition coefficient (Wildman–Crippen LogP) is 1.26. The molecule has 2 heterocycles. The highest BCUT2D eigenvalue weighted by Gasteiger charge is 2.51. The van der Waals surface area contributed by atoms with Crippen LogP contribution in [0.4, 0.5) is 13.2 Å². The number of nitrogens with zero attached hydrogens (tertiary/aromatic N) is 2. The normalized spacial score (nSPS) is 27.5. The van der Waals surface area contributed by atoms with Crippen molar-refractivity contribution in [2.24, 2.45) is 11.3 Å². The molecule has 7 nitrogen and oxygen atoms in total. The number of halogens is 3. The Labute approximate surface area is 152 Å². The molecule has 2 atom stereocenters. The topological polar surface area (TPSA) is 87.2 Å². The number of aliphatic carboxylic acids is 1. The van der Waals surface area contributed by atoms with Gasteiger partial charge in [-0.05, 0) is 19.9 Å². The molecule has 0 saturated carbocycles. The van der Waals surface area contributed by atoms with Gasteiger partial charge in [-0.3, -0.25) is 0 Å². The molecule has 2 fully saturated rings. The zero-order valence-electron chi connectivity index (χ0n) is 15.3. The number of rotatable bonds is 5. The van der Waals surface area contributed by atoms with Gasteiger partial charge in [-0.1, -0.05) is 6.92 Å². The summed E-state index contributed by atoms with van der Waals surface area (Å²) in [6.45, 7) is 5.99. The highest BCUT2D eigenvalue weighted by Crippen LogP contribution is 2.44. The van der Waals surface area contributed by atoms with Crippen molar-refractivity contribution in [3.63, 3.8) is 0 Å². The molecule has 0 aromatic carbocycles. The highest BCUT2D eigenvalue weighted by molar-refractivity contribution is 7.89. The van der Waals surface area contributed by atoms with Crippen LogP contribution in [0.5, 0.6) is 0 Å². The number of sulfonamides is 1. The fourth-order valence-electron chi connectivity index (χ4n) is 3.68. The maximum atomic E-state index is 12.2. The summed E-state index contributed by atoms with van der Waals surface area (Å²) in [6, 6.07) is 0. The van der Waals surface area contributed by atoms with Gasteiger partial charge in [0, 0.05) is 44.6 Å². The van der Waals surface area contributed by atoms with Crippen molar-refractivity contribution in [3.05, 3.63) is 0 Å². The number of hydrogen-bond donors (Lipinski definition) is 1. The summed E-state index contributed by atoms with van der Waals surface area (Å²) < 4.78 is 63.2. The van der Waals surface area contributed by atoms with E-state index in [4.69, 9.17) is 14.6 Å². The van der Waals surface area contributed by atoms with Crippen LogP contribution < -0.4 is 0 Å². The summed E-state index contributed by atoms with van der Waals surface area (Å²) in [7, 11) is 0.785. The molecule has 2 aliphatic heterocycles. The first kappa shape index (κ1) is 23.1. The molecule has 2 rings (SSSR count). The minimum atomic E-state index is -5.08. The zero-order chi connectivity index (χ0) is 20.2. The molecule has 0 aromatic rings. The van der Waals surface area contributed by atoms with Crippen molar-refractivity contribution in [2.75, 3.05) is 52.7 Å². The number of carboxylic acid groups (broad SMARTS) is 1. The molecule has 2 saturated heterocycles. The Morgan fingerprint density at radius 2 is 1.92 bits per heavy atom. The van der Waals surface area contributed by atoms with Crippen LogP contribution in [0.3, 0.4) is 0 Å². The number of carboxylic acids is 1. The summed E-state index contributed by atoms with van der Waals surface area (Å²) in [5.74, 6) is -2.04. The SMILES string of the molecule is CCCS(=O)(=O)N1CC[C@@]2(CN(C)C[C@H]2COC)C1.O=C(O)C(F)(F)F. The van der Waals surface area contributed by atoms with E-state index in [0.29, 0.717) is 25.4 Å². The summed E-state index contributed by atoms with van der Waals surface area (Å²) in [5.41, 5.74) is 0.103. The Balaban J connectivity index is 0.000000412. The third-order valence-corrected chi connectivity index (χ3v) is 6.82. The van der Waals surface area contributed by atoms with Gasteiger partial charge in [0.2, 0.25) is 10.0 Å². The first-order chi connectivity index (χ1) is 11.9. The third-order valence-electron chi connectivity index (χ3n) is 4.80. The summed E-state index contributed by atoms with van der Waals surface area (Å²) in [5, 5.41) is 7.12. The lowest BCUT2D eigenvalue weighted by molar-refractivity contribution is -0.192. The van der Waals surface area contributed by atoms with Crippen LogP contribution in [0.15, 0.2) is 0 Å². The Kier molecular flexibility index (Phi) is 7.88. The summed E-state index contributed by atoms with van der Waals surface area (Å²) in [4.78, 5) is 11.2. The average Bonchev–Trinajstić information content (AvgIpc) is 3.04. The minimum absolute atomic E-state index is 0.103. The van der Waals surface area contributed by atoms with Crippen LogP contribution >= 0.6 is 0 Å². The smallest absolute Gasteiger partial charge is 0.475 e. The fourth-order valence-corrected chi connectivity index (χ4v) is 5.27. The molecule has 0 unspecified atom stereocenters. The van der Waals surface area contributed by atoms with Crippen LogP contribution in [-0.2, 0) is 19.6 Å². The highest BCUT2D eigenvalue weighted by atomic mass is 32.2. The molecule has 0 bridgehead atoms. The van der Waals surface area contributed by atoms with Gasteiger partial charge in [0.1, 0.15) is 0 Å². The van der Waals surface area contributed by atoms with Crippen molar-refractivity contribution in [3.8, 4) is 0 Å². The van der Waals surface area contributed by atoms with Crippen molar-refractivity contribution >= 4 is 16.0 Å². The van der Waals surface area contributed by atoms with Gasteiger partial charge in [0.05, 0.1) is 12.4 Å². The lowest BCUT2D eigenvalue weighted by Gasteiger charge is -2.30. The van der Waals surface area contributed by atoms with Crippen LogP contribution in [0.2, 0.25) is 0 Å². The Morgan fingerprint density at radius 3 is 2.38 bits per heavy atom. The van der Waals surface area contributed by atoms with Gasteiger partial charge in [0.25, 0.3) is 0 Å². The molecular formula is C15H27F3N2O5S. The standard InChI is InChI=1S/C13H26N2O3S.C2HF3O2/c1-4-7-19(16,17)15-6-5-13(11-15)10-14(2)8-12(13)9-18-3;3-2(4,5)1(6)7/h12H,4-11H2,1-3H3;(H,6,7)/t12-,13+;/m0./s1. The van der Waals surface area contributed by atoms with Crippen molar-refractivity contribution in [2.45, 2.75) is 25.9 Å². The molecule has 26 heavy (non-hydrogen) atoms. The molecule has 154 valence electrons. The first-order valence-electron chi connectivity index (χ1n) is 8.33. The van der Waals surface area contributed by atoms with Crippen LogP contribution in [-0.4, -0.2) is 87.6 Å². The average molecular weight is 404 g/mol. The molecule has 0 amide bonds. The lowest BCUT2D eigenvalue weighted by Crippen LogP contribution is -2.38. The monoisotopic (exact) mass is 404 g/mol. The Bertz CT molecular complexity index is 584. The van der Waals surface area contributed by atoms with E-state index in [1.807, 2.05) is 6.92 Å². The molecule has 1 N–H and O–H groups in total. The fraction of sp³-hybridized carbons (Fsp3) is 0.933. The second-order valence-corrected chi connectivity index (χ2v) is 9.00. The zero-order valence-corrected chi connectivity index (χ0v) is 16.1. The number of methoxy groups -OCH3 is 1. The minimum Gasteiger partial charge on any atom is -0.475 e. The van der Waals surface area contributed by atoms with Crippen LogP contribution in [0.1, 0.15) is 19.8 Å². The number of hydrogen-bond acceptors (Lipinski definition) is 5. The van der Waals surface area contributed by atoms with Gasteiger partial charge < -0.3 is 14.7 Å². The number of ether oxygens (including phenoxy) is 1. The van der Waals surface area contributed by atoms with Gasteiger partial charge >= 0.3 is 12.1 Å². The third kappa shape index (κ3) is 5.80. The van der Waals surface area contributed by atoms with Gasteiger partial charge in [0.15, 0.2) is 0 Å². The molecule has 0 aromatic heterocycles. The summed E-state index contributed by atoms with van der Waals surface area (Å²) in [6.07, 6.45) is -3.43. The van der Waals surface area contributed by atoms with Crippen LogP contribution in [0.25, 0.3) is 0 Å². The van der Waals surface area contributed by atoms with E-state index in [1.165, 1.54) is 0 Å². The maximum Gasteiger partial charge on any atom is 0.490 e. The summed E-state index contributed by atoms with van der Waals surface area (Å²) >= 11 is 0. The van der Waals surface area contributed by atoms with E-state index in [1.54, 1.807) is 11.4 Å². The lowest BCUT2D eigenvalue weighted by atomic mass is 9.78. The molecule has 0 aliphatic carbocycles. The number of carbonyl (C=O) groups is 1. The van der Waals surface area contributed by atoms with Crippen molar-refractivity contribution < 1.29 is 36.2 Å². The van der Waals surface area contributed by atoms with Crippen LogP contribution in [0, 0.1) is 11.3 Å². The van der Waals surface area contributed by atoms with E-state index < -0.39 is 22.2 Å². The van der Waals surface area contributed by atoms with E-state index in [0.717, 1.165) is 26.1 Å². The molecule has 0 radical (unpaired) electrons. The molecule has 11 heteroatoms. The van der Waals surface area contributed by atoms with Gasteiger partial charge in [-0.2, -0.15) is 13.2 Å². The number of alkyl halides is 3. The van der Waals surface area contributed by atoms with Gasteiger partial charge in [-0.15, -0.1) is 0 Å². The van der Waals surface area contributed by atoms with Crippen molar-refractivity contribution in [1.82, 2.24) is 9.21 Å². The molecule has 2 aliphatic rings. The van der Waals surface area contributed by atoms with E-state index in [2.05, 4.69) is 11.9 Å². The molecule has 1 spiro atoms. The van der Waals surface area contributed by atoms with E-state index >= 15 is 0 Å². The second kappa shape index (κ2) is 8.85. The van der Waals surface area contributed by atoms with E-state index in [9.17, 15) is 21.6 Å². The quantitative estimate of drug-likeness (QED) is 0.742. The molecular weight excluding hydrogens is 377 g/mol. The first-order valence-corrected chi connectivity index (χ1v) is 9.94. The predicted molar refractivity (Wildman–Crippen MR) is 89.3 cm³/mol. The van der Waals surface area contributed by atoms with E-state index in [-0.39, 0.29) is 11.2 Å². The largest absolute Gasteiger partial charge is 0.490 e. The van der Waals surface area contributed by atoms with Crippen molar-refractivity contribution in [1.29, 1.82) is 0 Å². The maximum absolute atomic E-state index is 12.2.